The molecule has 0 fully saturated rings. The molecule has 0 amide bonds. The van der Waals surface area contributed by atoms with Crippen molar-refractivity contribution in [1.29, 1.82) is 10.5 Å². The first-order valence-corrected chi connectivity index (χ1v) is 12.0. The van der Waals surface area contributed by atoms with Gasteiger partial charge in [-0.25, -0.2) is 13.8 Å². The number of hydrogen-bond acceptors (Lipinski definition) is 8. The number of nitrogens with two attached hydrogens (primary N) is 1. The molecule has 0 aliphatic carbocycles. The Morgan fingerprint density at radius 1 is 1.00 bits per heavy atom. The van der Waals surface area contributed by atoms with Crippen molar-refractivity contribution < 1.29 is 13.5 Å². The number of ether oxygens (including phenoxy) is 1. The van der Waals surface area contributed by atoms with Crippen LogP contribution < -0.4 is 10.5 Å². The lowest BCUT2D eigenvalue weighted by Crippen LogP contribution is -2.17. The number of rotatable bonds is 7. The zero-order valence-electron chi connectivity index (χ0n) is 21.8. The van der Waals surface area contributed by atoms with Gasteiger partial charge >= 0.3 is 0 Å². The molecule has 1 aromatic carbocycles. The number of anilines is 1. The monoisotopic (exact) mass is 525 g/mol. The topological polar surface area (TPSA) is 134 Å². The number of alkyl halides is 2. The lowest BCUT2D eigenvalue weighted by atomic mass is 9.91. The van der Waals surface area contributed by atoms with E-state index in [0.29, 0.717) is 50.6 Å². The molecule has 0 spiro atoms. The number of halogens is 2. The van der Waals surface area contributed by atoms with Crippen LogP contribution in [0.5, 0.6) is 5.88 Å². The van der Waals surface area contributed by atoms with E-state index in [9.17, 15) is 19.3 Å². The van der Waals surface area contributed by atoms with Crippen molar-refractivity contribution in [2.24, 2.45) is 0 Å². The minimum atomic E-state index is -2.80. The van der Waals surface area contributed by atoms with Crippen molar-refractivity contribution in [3.05, 3.63) is 82.4 Å². The quantitative estimate of drug-likeness (QED) is 0.311. The van der Waals surface area contributed by atoms with Crippen molar-refractivity contribution in [2.75, 3.05) is 5.73 Å². The molecule has 196 valence electrons. The fourth-order valence-electron chi connectivity index (χ4n) is 4.09. The summed E-state index contributed by atoms with van der Waals surface area (Å²) in [5.74, 6) is -0.0467. The molecule has 3 aromatic heterocycles. The predicted octanol–water partition coefficient (Wildman–Crippen LogP) is 5.99. The van der Waals surface area contributed by atoms with Crippen molar-refractivity contribution in [3.8, 4) is 40.4 Å². The minimum Gasteiger partial charge on any atom is -0.471 e. The first kappa shape index (κ1) is 27.1. The van der Waals surface area contributed by atoms with Gasteiger partial charge in [-0.05, 0) is 69.2 Å². The van der Waals surface area contributed by atoms with Crippen molar-refractivity contribution in [2.45, 2.75) is 46.1 Å². The number of nitrogens with zero attached hydrogens (tertiary/aromatic N) is 6. The van der Waals surface area contributed by atoms with Crippen molar-refractivity contribution >= 4 is 5.95 Å². The maximum absolute atomic E-state index is 13.7. The van der Waals surface area contributed by atoms with Crippen molar-refractivity contribution in [3.63, 3.8) is 0 Å². The van der Waals surface area contributed by atoms with Gasteiger partial charge in [0, 0.05) is 11.3 Å². The molecule has 3 heterocycles. The molecule has 0 bridgehead atoms. The number of pyridine rings is 2. The van der Waals surface area contributed by atoms with E-state index < -0.39 is 17.5 Å². The predicted molar refractivity (Wildman–Crippen MR) is 141 cm³/mol. The molecule has 39 heavy (non-hydrogen) atoms. The van der Waals surface area contributed by atoms with Crippen LogP contribution in [0.15, 0.2) is 48.5 Å². The molecule has 2 N–H and O–H groups in total. The van der Waals surface area contributed by atoms with E-state index in [1.165, 1.54) is 6.07 Å². The summed E-state index contributed by atoms with van der Waals surface area (Å²) in [5.41, 5.74) is 8.99. The second-order valence-electron chi connectivity index (χ2n) is 9.46. The molecule has 8 nitrogen and oxygen atoms in total. The summed E-state index contributed by atoms with van der Waals surface area (Å²) in [6, 6.07) is 17.7. The van der Waals surface area contributed by atoms with Gasteiger partial charge in [0.25, 0.3) is 6.43 Å². The summed E-state index contributed by atoms with van der Waals surface area (Å²) in [5, 5.41) is 19.1. The van der Waals surface area contributed by atoms with Crippen LogP contribution >= 0.6 is 0 Å². The van der Waals surface area contributed by atoms with Crippen LogP contribution in [0.1, 0.15) is 54.2 Å². The van der Waals surface area contributed by atoms with Gasteiger partial charge in [0.05, 0.1) is 45.8 Å². The van der Waals surface area contributed by atoms with E-state index in [2.05, 4.69) is 32.1 Å². The SMILES string of the molecule is Cc1cc(-c2c(OCc3cccc(C(C)(C)C#N)n3)nc(N)nc2-c2cccc(C#N)c2C)cc(C(F)F)n1. The molecule has 0 saturated heterocycles. The summed E-state index contributed by atoms with van der Waals surface area (Å²) >= 11 is 0. The molecule has 0 aliphatic rings. The number of aryl methyl sites for hydroxylation is 1. The normalized spacial score (nSPS) is 11.2. The van der Waals surface area contributed by atoms with Gasteiger partial charge < -0.3 is 10.5 Å². The number of nitrogen functional groups attached to an aromatic ring is 1. The van der Waals surface area contributed by atoms with Gasteiger partial charge in [0.2, 0.25) is 11.8 Å². The Morgan fingerprint density at radius 3 is 2.44 bits per heavy atom. The smallest absolute Gasteiger partial charge is 0.280 e. The first-order chi connectivity index (χ1) is 18.5. The highest BCUT2D eigenvalue weighted by atomic mass is 19.3. The Balaban J connectivity index is 1.91. The molecule has 0 aliphatic heterocycles. The third kappa shape index (κ3) is 5.65. The van der Waals surface area contributed by atoms with E-state index in [1.807, 2.05) is 0 Å². The average molecular weight is 526 g/mol. The van der Waals surface area contributed by atoms with Crippen LogP contribution in [0, 0.1) is 36.5 Å². The highest BCUT2D eigenvalue weighted by molar-refractivity contribution is 5.86. The second kappa shape index (κ2) is 10.8. The highest BCUT2D eigenvalue weighted by Crippen LogP contribution is 2.40. The molecular weight excluding hydrogens is 500 g/mol. The Morgan fingerprint density at radius 2 is 1.74 bits per heavy atom. The van der Waals surface area contributed by atoms with Crippen LogP contribution in [0.4, 0.5) is 14.7 Å². The average Bonchev–Trinajstić information content (AvgIpc) is 2.91. The molecule has 10 heteroatoms. The largest absolute Gasteiger partial charge is 0.471 e. The van der Waals surface area contributed by atoms with Gasteiger partial charge in [-0.15, -0.1) is 0 Å². The maximum Gasteiger partial charge on any atom is 0.280 e. The Bertz CT molecular complexity index is 1640. The number of aromatic nitrogens is 4. The van der Waals surface area contributed by atoms with E-state index in [0.717, 1.165) is 0 Å². The Hall–Kier alpha value is -4.96. The zero-order valence-corrected chi connectivity index (χ0v) is 21.8. The summed E-state index contributed by atoms with van der Waals surface area (Å²) in [4.78, 5) is 17.3. The van der Waals surface area contributed by atoms with E-state index >= 15 is 0 Å². The van der Waals surface area contributed by atoms with Crippen LogP contribution in [0.25, 0.3) is 22.4 Å². The minimum absolute atomic E-state index is 0.0404. The molecule has 0 radical (unpaired) electrons. The van der Waals surface area contributed by atoms with Gasteiger partial charge in [-0.1, -0.05) is 18.2 Å². The molecule has 0 saturated carbocycles. The molecule has 0 unspecified atom stereocenters. The van der Waals surface area contributed by atoms with E-state index in [1.54, 1.807) is 70.2 Å². The number of hydrogen-bond donors (Lipinski definition) is 1. The lowest BCUT2D eigenvalue weighted by Gasteiger charge is -2.18. The Kier molecular flexibility index (Phi) is 7.50. The third-order valence-electron chi connectivity index (χ3n) is 6.17. The van der Waals surface area contributed by atoms with E-state index in [4.69, 9.17) is 10.5 Å². The summed E-state index contributed by atoms with van der Waals surface area (Å²) in [7, 11) is 0. The molecule has 4 rings (SSSR count). The van der Waals surface area contributed by atoms with Crippen LogP contribution in [0.3, 0.4) is 0 Å². The van der Waals surface area contributed by atoms with Crippen LogP contribution in [-0.2, 0) is 12.0 Å². The summed E-state index contributed by atoms with van der Waals surface area (Å²) in [6.07, 6.45) is -2.80. The van der Waals surface area contributed by atoms with Crippen LogP contribution in [-0.4, -0.2) is 19.9 Å². The van der Waals surface area contributed by atoms with Gasteiger partial charge in [-0.2, -0.15) is 15.5 Å². The Labute approximate surface area is 224 Å². The number of nitriles is 2. The fourth-order valence-corrected chi connectivity index (χ4v) is 4.09. The maximum atomic E-state index is 13.7. The highest BCUT2D eigenvalue weighted by Gasteiger charge is 2.24. The zero-order chi connectivity index (χ0) is 28.3. The van der Waals surface area contributed by atoms with Crippen molar-refractivity contribution in [1.82, 2.24) is 19.9 Å². The second-order valence-corrected chi connectivity index (χ2v) is 9.46. The van der Waals surface area contributed by atoms with Gasteiger partial charge in [0.15, 0.2) is 0 Å². The lowest BCUT2D eigenvalue weighted by molar-refractivity contribution is 0.146. The van der Waals surface area contributed by atoms with E-state index in [-0.39, 0.29) is 18.4 Å². The summed E-state index contributed by atoms with van der Waals surface area (Å²) in [6.45, 7) is 6.87. The molecule has 4 aromatic rings. The molecular formula is C29H25F2N7O. The first-order valence-electron chi connectivity index (χ1n) is 12.0. The van der Waals surface area contributed by atoms with Gasteiger partial charge in [-0.3, -0.25) is 9.97 Å². The third-order valence-corrected chi connectivity index (χ3v) is 6.17. The standard InChI is InChI=1S/C29H25F2N7O/c1-16-11-19(12-22(35-16)26(30)31)24-25(21-9-5-7-18(13-32)17(21)2)37-28(34)38-27(24)39-14-20-8-6-10-23(36-20)29(3,4)15-33/h5-12,26H,14H2,1-4H3,(H2,34,37,38). The van der Waals surface area contributed by atoms with Gasteiger partial charge in [0.1, 0.15) is 12.3 Å². The van der Waals surface area contributed by atoms with Crippen LogP contribution in [0.2, 0.25) is 0 Å². The molecule has 0 atom stereocenters. The fraction of sp³-hybridized carbons (Fsp3) is 0.241. The number of benzene rings is 1. The summed E-state index contributed by atoms with van der Waals surface area (Å²) < 4.78 is 33.5.